The maximum Gasteiger partial charge on any atom is 0.0971 e. The average Bonchev–Trinajstić information content (AvgIpc) is 3.81. The van der Waals surface area contributed by atoms with Gasteiger partial charge >= 0.3 is 0 Å². The summed E-state index contributed by atoms with van der Waals surface area (Å²) < 4.78 is 4.99. The highest BCUT2D eigenvalue weighted by Crippen LogP contribution is 2.54. The Hall–Kier alpha value is -5.93. The Balaban J connectivity index is 1.32. The number of para-hydroxylation sites is 2. The largest absolute Gasteiger partial charge is 0.307 e. The summed E-state index contributed by atoms with van der Waals surface area (Å²) in [5, 5.41) is 3.63. The third kappa shape index (κ3) is 3.28. The monoisotopic (exact) mass is 641 g/mol. The quantitative estimate of drug-likeness (QED) is 0.184. The summed E-state index contributed by atoms with van der Waals surface area (Å²) in [5.41, 5.74) is 18.6. The van der Waals surface area contributed by atoms with Crippen LogP contribution in [0.5, 0.6) is 0 Å². The van der Waals surface area contributed by atoms with Crippen molar-refractivity contribution in [3.63, 3.8) is 0 Å². The third-order valence-electron chi connectivity index (χ3n) is 12.0. The van der Waals surface area contributed by atoms with Gasteiger partial charge in [-0.15, -0.1) is 0 Å². The van der Waals surface area contributed by atoms with E-state index < -0.39 is 0 Å². The van der Waals surface area contributed by atoms with E-state index in [1.54, 1.807) is 0 Å². The lowest BCUT2D eigenvalue weighted by molar-refractivity contribution is 0.660. The molecule has 0 aliphatic heterocycles. The fourth-order valence-electron chi connectivity index (χ4n) is 9.69. The molecule has 0 bridgehead atoms. The van der Waals surface area contributed by atoms with Crippen molar-refractivity contribution in [3.05, 3.63) is 162 Å². The van der Waals surface area contributed by atoms with Crippen molar-refractivity contribution in [3.8, 4) is 33.6 Å². The van der Waals surface area contributed by atoms with Crippen LogP contribution >= 0.6 is 0 Å². The van der Waals surface area contributed by atoms with Crippen molar-refractivity contribution in [2.24, 2.45) is 0 Å². The van der Waals surface area contributed by atoms with Crippen molar-refractivity contribution in [2.45, 2.75) is 38.5 Å². The predicted molar refractivity (Wildman–Crippen MR) is 208 cm³/mol. The van der Waals surface area contributed by atoms with Crippen LogP contribution in [0.4, 0.5) is 0 Å². The molecule has 50 heavy (non-hydrogen) atoms. The molecule has 2 aliphatic carbocycles. The standard InChI is InChI=1S/C47H35N3/c1-46(2)32-19-9-5-15-28(32)41-34(46)21-13-25-38(41)49-36-23-11-7-17-30(36)43-40(49)27-48-44-31-18-8-12-24-37(31)50(45(43)44)39-26-14-22-35-42(39)29-16-6-10-20-33(29)47(35,3)4/h5-27H,1-4H3. The van der Waals surface area contributed by atoms with Gasteiger partial charge in [-0.1, -0.05) is 137 Å². The van der Waals surface area contributed by atoms with E-state index in [1.807, 2.05) is 0 Å². The molecule has 3 aromatic heterocycles. The average molecular weight is 642 g/mol. The molecule has 6 aromatic carbocycles. The van der Waals surface area contributed by atoms with E-state index in [4.69, 9.17) is 4.98 Å². The Kier molecular flexibility index (Phi) is 5.25. The molecule has 3 heteroatoms. The highest BCUT2D eigenvalue weighted by atomic mass is 15.0. The van der Waals surface area contributed by atoms with Crippen LogP contribution < -0.4 is 0 Å². The fraction of sp³-hybridized carbons (Fsp3) is 0.128. The fourth-order valence-corrected chi connectivity index (χ4v) is 9.69. The van der Waals surface area contributed by atoms with E-state index in [2.05, 4.69) is 176 Å². The summed E-state index contributed by atoms with van der Waals surface area (Å²) in [6.45, 7) is 9.43. The summed E-state index contributed by atoms with van der Waals surface area (Å²) in [6, 6.07) is 49.3. The predicted octanol–water partition coefficient (Wildman–Crippen LogP) is 11.9. The maximum atomic E-state index is 5.36. The Bertz CT molecular complexity index is 2930. The van der Waals surface area contributed by atoms with Crippen molar-refractivity contribution in [1.82, 2.24) is 14.1 Å². The van der Waals surface area contributed by atoms with Gasteiger partial charge in [-0.25, -0.2) is 0 Å². The van der Waals surface area contributed by atoms with E-state index in [0.29, 0.717) is 0 Å². The lowest BCUT2D eigenvalue weighted by atomic mass is 9.82. The highest BCUT2D eigenvalue weighted by molar-refractivity contribution is 6.25. The molecule has 0 saturated carbocycles. The SMILES string of the molecule is CC1(C)c2ccccc2-c2c(-n3c4ccccc4c4c3cnc3c5ccccc5n(-c5cccc6c5-c5ccccc5C6(C)C)c34)cccc21. The van der Waals surface area contributed by atoms with E-state index in [9.17, 15) is 0 Å². The lowest BCUT2D eigenvalue weighted by Gasteiger charge is -2.22. The number of pyridine rings is 1. The molecule has 11 rings (SSSR count). The molecule has 0 unspecified atom stereocenters. The first-order valence-corrected chi connectivity index (χ1v) is 17.7. The minimum atomic E-state index is -0.0952. The van der Waals surface area contributed by atoms with Gasteiger partial charge in [0.25, 0.3) is 0 Å². The molecule has 0 radical (unpaired) electrons. The molecule has 0 spiro atoms. The summed E-state index contributed by atoms with van der Waals surface area (Å²) in [5.74, 6) is 0. The van der Waals surface area contributed by atoms with E-state index in [0.717, 1.165) is 16.6 Å². The second-order valence-electron chi connectivity index (χ2n) is 15.2. The lowest BCUT2D eigenvalue weighted by Crippen LogP contribution is -2.15. The van der Waals surface area contributed by atoms with Gasteiger partial charge in [0.15, 0.2) is 0 Å². The summed E-state index contributed by atoms with van der Waals surface area (Å²) in [7, 11) is 0. The molecule has 0 saturated heterocycles. The highest BCUT2D eigenvalue weighted by Gasteiger charge is 2.39. The van der Waals surface area contributed by atoms with Crippen LogP contribution in [0.1, 0.15) is 49.9 Å². The normalized spacial score (nSPS) is 15.1. The van der Waals surface area contributed by atoms with Crippen LogP contribution in [0.3, 0.4) is 0 Å². The van der Waals surface area contributed by atoms with Gasteiger partial charge in [0.1, 0.15) is 0 Å². The minimum absolute atomic E-state index is 0.0869. The first kappa shape index (κ1) is 28.0. The Morgan fingerprint density at radius 1 is 0.440 bits per heavy atom. The molecular formula is C47H35N3. The molecule has 9 aromatic rings. The number of hydrogen-bond donors (Lipinski definition) is 0. The molecule has 238 valence electrons. The zero-order valence-corrected chi connectivity index (χ0v) is 28.6. The first-order valence-electron chi connectivity index (χ1n) is 17.7. The number of fused-ring (bicyclic) bond motifs is 13. The van der Waals surface area contributed by atoms with Gasteiger partial charge in [-0.3, -0.25) is 4.98 Å². The molecule has 3 heterocycles. The zero-order valence-electron chi connectivity index (χ0n) is 28.6. The van der Waals surface area contributed by atoms with Gasteiger partial charge in [0.05, 0.1) is 45.2 Å². The van der Waals surface area contributed by atoms with Crippen molar-refractivity contribution >= 4 is 43.7 Å². The molecule has 3 nitrogen and oxygen atoms in total. The van der Waals surface area contributed by atoms with Crippen LogP contribution in [0, 0.1) is 0 Å². The molecule has 2 aliphatic rings. The Morgan fingerprint density at radius 2 is 0.920 bits per heavy atom. The maximum absolute atomic E-state index is 5.36. The van der Waals surface area contributed by atoms with Gasteiger partial charge in [-0.05, 0) is 57.6 Å². The number of benzene rings is 6. The van der Waals surface area contributed by atoms with Crippen LogP contribution in [0.2, 0.25) is 0 Å². The molecule has 0 amide bonds. The van der Waals surface area contributed by atoms with Crippen molar-refractivity contribution in [1.29, 1.82) is 0 Å². The molecule has 0 fully saturated rings. The summed E-state index contributed by atoms with van der Waals surface area (Å²) in [4.78, 5) is 5.36. The number of nitrogens with zero attached hydrogens (tertiary/aromatic N) is 3. The Morgan fingerprint density at radius 3 is 1.54 bits per heavy atom. The van der Waals surface area contributed by atoms with Crippen molar-refractivity contribution in [2.75, 3.05) is 0 Å². The molecule has 0 N–H and O–H groups in total. The van der Waals surface area contributed by atoms with Gasteiger partial charge in [0, 0.05) is 38.1 Å². The number of rotatable bonds is 2. The van der Waals surface area contributed by atoms with Gasteiger partial charge in [-0.2, -0.15) is 0 Å². The molecule has 0 atom stereocenters. The zero-order chi connectivity index (χ0) is 33.5. The molecular weight excluding hydrogens is 607 g/mol. The van der Waals surface area contributed by atoms with E-state index in [-0.39, 0.29) is 10.8 Å². The van der Waals surface area contributed by atoms with Crippen LogP contribution in [0.25, 0.3) is 77.4 Å². The number of aromatic nitrogens is 3. The van der Waals surface area contributed by atoms with Crippen LogP contribution in [0.15, 0.2) is 140 Å². The smallest absolute Gasteiger partial charge is 0.0971 e. The second kappa shape index (κ2) is 9.40. The van der Waals surface area contributed by atoms with Gasteiger partial charge in [0.2, 0.25) is 0 Å². The second-order valence-corrected chi connectivity index (χ2v) is 15.2. The third-order valence-corrected chi connectivity index (χ3v) is 12.0. The van der Waals surface area contributed by atoms with Crippen LogP contribution in [-0.2, 0) is 10.8 Å². The summed E-state index contributed by atoms with van der Waals surface area (Å²) in [6.07, 6.45) is 2.12. The summed E-state index contributed by atoms with van der Waals surface area (Å²) >= 11 is 0. The Labute approximate surface area is 291 Å². The van der Waals surface area contributed by atoms with Crippen molar-refractivity contribution < 1.29 is 0 Å². The first-order chi connectivity index (χ1) is 24.4. The van der Waals surface area contributed by atoms with E-state index >= 15 is 0 Å². The van der Waals surface area contributed by atoms with Gasteiger partial charge < -0.3 is 9.13 Å². The van der Waals surface area contributed by atoms with E-state index in [1.165, 1.54) is 83.1 Å². The minimum Gasteiger partial charge on any atom is -0.307 e. The topological polar surface area (TPSA) is 22.8 Å². The number of hydrogen-bond acceptors (Lipinski definition) is 1. The van der Waals surface area contributed by atoms with Crippen LogP contribution in [-0.4, -0.2) is 14.1 Å².